The fraction of sp³-hybridized carbons (Fsp3) is 0.136. The van der Waals surface area contributed by atoms with Crippen LogP contribution in [-0.4, -0.2) is 5.11 Å². The van der Waals surface area contributed by atoms with Gasteiger partial charge in [0, 0.05) is 17.4 Å². The molecule has 0 saturated carbocycles. The molecule has 0 heterocycles. The van der Waals surface area contributed by atoms with Crippen molar-refractivity contribution < 1.29 is 5.11 Å². The van der Waals surface area contributed by atoms with Gasteiger partial charge in [0.15, 0.2) is 0 Å². The summed E-state index contributed by atoms with van der Waals surface area (Å²) >= 11 is 0. The highest BCUT2D eigenvalue weighted by molar-refractivity contribution is 5.73. The van der Waals surface area contributed by atoms with Crippen LogP contribution in [-0.2, 0) is 0 Å². The number of benzene rings is 3. The highest BCUT2D eigenvalue weighted by Crippen LogP contribution is 2.58. The minimum atomic E-state index is 0.00407. The van der Waals surface area contributed by atoms with Crippen molar-refractivity contribution in [3.8, 4) is 11.8 Å². The van der Waals surface area contributed by atoms with Gasteiger partial charge in [0.25, 0.3) is 0 Å². The fourth-order valence-corrected chi connectivity index (χ4v) is 4.57. The molecule has 0 aliphatic heterocycles. The number of rotatable bonds is 0. The molecule has 2 bridgehead atoms. The zero-order valence-electron chi connectivity index (χ0n) is 13.2. The van der Waals surface area contributed by atoms with Gasteiger partial charge in [-0.3, -0.25) is 0 Å². The molecule has 1 N–H and O–H groups in total. The van der Waals surface area contributed by atoms with Crippen molar-refractivity contribution in [3.63, 3.8) is 0 Å². The van der Waals surface area contributed by atoms with Crippen LogP contribution in [0, 0.1) is 18.3 Å². The van der Waals surface area contributed by atoms with Gasteiger partial charge in [-0.05, 0) is 46.4 Å². The summed E-state index contributed by atoms with van der Waals surface area (Å²) in [6.07, 6.45) is 0. The summed E-state index contributed by atoms with van der Waals surface area (Å²) in [7, 11) is 0. The summed E-state index contributed by atoms with van der Waals surface area (Å²) in [5, 5.41) is 20.5. The first-order valence-electron chi connectivity index (χ1n) is 8.16. The third-order valence-electron chi connectivity index (χ3n) is 5.50. The van der Waals surface area contributed by atoms with Gasteiger partial charge in [-0.25, -0.2) is 0 Å². The maximum absolute atomic E-state index is 10.8. The van der Waals surface area contributed by atoms with E-state index in [0.717, 1.165) is 16.7 Å². The number of phenols is 1. The predicted octanol–water partition coefficient (Wildman–Crippen LogP) is 4.56. The van der Waals surface area contributed by atoms with E-state index in [1.165, 1.54) is 22.3 Å². The van der Waals surface area contributed by atoms with Crippen LogP contribution in [0.1, 0.15) is 56.3 Å². The molecular formula is C22H15NO. The topological polar surface area (TPSA) is 44.0 Å². The lowest BCUT2D eigenvalue weighted by Gasteiger charge is -2.43. The van der Waals surface area contributed by atoms with E-state index in [9.17, 15) is 10.4 Å². The molecule has 2 heteroatoms. The normalized spacial score (nSPS) is 19.2. The highest BCUT2D eigenvalue weighted by Gasteiger charge is 2.44. The number of nitriles is 1. The van der Waals surface area contributed by atoms with Crippen molar-refractivity contribution in [1.29, 1.82) is 5.26 Å². The monoisotopic (exact) mass is 309 g/mol. The Hall–Kier alpha value is -3.05. The summed E-state index contributed by atoms with van der Waals surface area (Å²) < 4.78 is 0. The van der Waals surface area contributed by atoms with Crippen molar-refractivity contribution in [2.75, 3.05) is 0 Å². The molecule has 0 atom stereocenters. The largest absolute Gasteiger partial charge is 0.507 e. The molecule has 3 aromatic carbocycles. The fourth-order valence-electron chi connectivity index (χ4n) is 4.57. The van der Waals surface area contributed by atoms with E-state index in [-0.39, 0.29) is 11.8 Å². The van der Waals surface area contributed by atoms with Crippen LogP contribution in [0.2, 0.25) is 0 Å². The van der Waals surface area contributed by atoms with Crippen molar-refractivity contribution in [3.05, 3.63) is 99.1 Å². The van der Waals surface area contributed by atoms with E-state index in [1.54, 1.807) is 0 Å². The summed E-state index contributed by atoms with van der Waals surface area (Å²) in [6, 6.07) is 21.0. The van der Waals surface area contributed by atoms with Gasteiger partial charge in [-0.15, -0.1) is 0 Å². The molecule has 6 rings (SSSR count). The average molecular weight is 309 g/mol. The van der Waals surface area contributed by atoms with Crippen LogP contribution < -0.4 is 0 Å². The van der Waals surface area contributed by atoms with Crippen LogP contribution in [0.5, 0.6) is 5.75 Å². The van der Waals surface area contributed by atoms with E-state index < -0.39 is 0 Å². The Kier molecular flexibility index (Phi) is 2.51. The lowest BCUT2D eigenvalue weighted by atomic mass is 9.60. The molecule has 3 aromatic rings. The second-order valence-corrected chi connectivity index (χ2v) is 6.65. The zero-order chi connectivity index (χ0) is 16.4. The molecule has 0 aromatic heterocycles. The average Bonchev–Trinajstić information content (AvgIpc) is 2.64. The predicted molar refractivity (Wildman–Crippen MR) is 92.3 cm³/mol. The van der Waals surface area contributed by atoms with Crippen LogP contribution in [0.15, 0.2) is 54.6 Å². The van der Waals surface area contributed by atoms with Gasteiger partial charge < -0.3 is 5.11 Å². The summed E-state index contributed by atoms with van der Waals surface area (Å²) in [4.78, 5) is 0. The molecule has 114 valence electrons. The Bertz CT molecular complexity index is 1010. The molecule has 0 unspecified atom stereocenters. The first kappa shape index (κ1) is 13.4. The number of hydrogen-bond acceptors (Lipinski definition) is 2. The van der Waals surface area contributed by atoms with Crippen molar-refractivity contribution in [2.24, 2.45) is 0 Å². The number of aromatic hydroxyl groups is 1. The van der Waals surface area contributed by atoms with Gasteiger partial charge in [-0.1, -0.05) is 48.5 Å². The lowest BCUT2D eigenvalue weighted by Crippen LogP contribution is -2.28. The van der Waals surface area contributed by atoms with Crippen molar-refractivity contribution in [1.82, 2.24) is 0 Å². The van der Waals surface area contributed by atoms with Gasteiger partial charge in [0.2, 0.25) is 0 Å². The number of nitrogens with zero attached hydrogens (tertiary/aromatic N) is 1. The molecule has 3 aliphatic rings. The molecule has 24 heavy (non-hydrogen) atoms. The SMILES string of the molecule is Cc1cc(C#N)c2c(c1O)C1c3ccccc3C2c2ccccc21. The smallest absolute Gasteiger partial charge is 0.123 e. The first-order valence-corrected chi connectivity index (χ1v) is 8.16. The molecule has 0 fully saturated rings. The van der Waals surface area contributed by atoms with Crippen molar-refractivity contribution in [2.45, 2.75) is 18.8 Å². The second-order valence-electron chi connectivity index (χ2n) is 6.65. The number of phenolic OH excluding ortho intramolecular Hbond substituents is 1. The number of hydrogen-bond donors (Lipinski definition) is 1. The van der Waals surface area contributed by atoms with Crippen LogP contribution >= 0.6 is 0 Å². The Balaban J connectivity index is 1.98. The number of aryl methyl sites for hydroxylation is 1. The molecule has 0 radical (unpaired) electrons. The third-order valence-corrected chi connectivity index (χ3v) is 5.50. The van der Waals surface area contributed by atoms with Gasteiger partial charge in [0.1, 0.15) is 5.75 Å². The van der Waals surface area contributed by atoms with E-state index in [4.69, 9.17) is 0 Å². The molecule has 3 aliphatic carbocycles. The summed E-state index contributed by atoms with van der Waals surface area (Å²) in [5.74, 6) is 0.367. The van der Waals surface area contributed by atoms with E-state index in [1.807, 2.05) is 13.0 Å². The molecule has 0 amide bonds. The Morgan fingerprint density at radius 1 is 0.833 bits per heavy atom. The Labute approximate surface area is 140 Å². The first-order chi connectivity index (χ1) is 11.7. The van der Waals surface area contributed by atoms with E-state index in [2.05, 4.69) is 54.6 Å². The van der Waals surface area contributed by atoms with E-state index in [0.29, 0.717) is 11.3 Å². The van der Waals surface area contributed by atoms with Gasteiger partial charge in [0.05, 0.1) is 11.6 Å². The summed E-state index contributed by atoms with van der Waals surface area (Å²) in [5.41, 5.74) is 8.38. The second kappa shape index (κ2) is 4.49. The van der Waals surface area contributed by atoms with Crippen LogP contribution in [0.25, 0.3) is 0 Å². The molecule has 2 nitrogen and oxygen atoms in total. The third kappa shape index (κ3) is 1.45. The standard InChI is InChI=1S/C22H15NO/c1-12-10-13(11-23)18-19-14-6-2-4-8-16(14)20(21(18)22(12)24)17-9-5-3-7-15(17)19/h2-10,19-20,24H,1H3. The minimum absolute atomic E-state index is 0.00407. The quantitative estimate of drug-likeness (QED) is 0.456. The highest BCUT2D eigenvalue weighted by atomic mass is 16.3. The van der Waals surface area contributed by atoms with Crippen LogP contribution in [0.4, 0.5) is 0 Å². The summed E-state index contributed by atoms with van der Waals surface area (Å²) in [6.45, 7) is 1.87. The minimum Gasteiger partial charge on any atom is -0.507 e. The zero-order valence-corrected chi connectivity index (χ0v) is 13.2. The molecular weight excluding hydrogens is 294 g/mol. The molecule has 0 saturated heterocycles. The lowest BCUT2D eigenvalue weighted by molar-refractivity contribution is 0.458. The van der Waals surface area contributed by atoms with Gasteiger partial charge in [-0.2, -0.15) is 5.26 Å². The molecule has 0 spiro atoms. The van der Waals surface area contributed by atoms with E-state index >= 15 is 0 Å². The maximum atomic E-state index is 10.8. The Morgan fingerprint density at radius 2 is 1.29 bits per heavy atom. The Morgan fingerprint density at radius 3 is 1.75 bits per heavy atom. The van der Waals surface area contributed by atoms with Crippen LogP contribution in [0.3, 0.4) is 0 Å². The van der Waals surface area contributed by atoms with Crippen molar-refractivity contribution >= 4 is 0 Å². The maximum Gasteiger partial charge on any atom is 0.123 e. The van der Waals surface area contributed by atoms with Gasteiger partial charge >= 0.3 is 0 Å².